The molecule has 0 unspecified atom stereocenters. The number of morpholine rings is 1. The Morgan fingerprint density at radius 2 is 1.50 bits per heavy atom. The van der Waals surface area contributed by atoms with Crippen molar-refractivity contribution in [3.63, 3.8) is 0 Å². The number of pyridine rings is 1. The van der Waals surface area contributed by atoms with Crippen molar-refractivity contribution in [1.29, 1.82) is 0 Å². The molecule has 9 nitrogen and oxygen atoms in total. The molecule has 2 fully saturated rings. The average molecular weight is 481 g/mol. The molecule has 3 heterocycles. The first-order valence-electron chi connectivity index (χ1n) is 10.7. The van der Waals surface area contributed by atoms with Crippen LogP contribution in [0.15, 0.2) is 52.4 Å². The molecule has 0 radical (unpaired) electrons. The number of hydrogen-bond acceptors (Lipinski definition) is 7. The minimum Gasteiger partial charge on any atom is -0.379 e. The minimum absolute atomic E-state index is 0.0105. The van der Waals surface area contributed by atoms with Crippen LogP contribution in [0.4, 0.5) is 5.82 Å². The lowest BCUT2D eigenvalue weighted by molar-refractivity contribution is 0.0730. The third-order valence-corrected chi connectivity index (χ3v) is 9.03. The number of hydrogen-bond donors (Lipinski definition) is 1. The molecule has 4 rings (SSSR count). The Kier molecular flexibility index (Phi) is 7.11. The number of sulfonamides is 2. The topological polar surface area (TPSA) is 109 Å². The molecule has 0 saturated carbocycles. The molecule has 1 aromatic heterocycles. The monoisotopic (exact) mass is 480 g/mol. The van der Waals surface area contributed by atoms with Crippen molar-refractivity contribution in [3.05, 3.63) is 48.2 Å². The van der Waals surface area contributed by atoms with E-state index in [0.29, 0.717) is 13.2 Å². The highest BCUT2D eigenvalue weighted by Crippen LogP contribution is 2.20. The molecule has 2 aliphatic rings. The van der Waals surface area contributed by atoms with E-state index in [9.17, 15) is 16.8 Å². The lowest BCUT2D eigenvalue weighted by Gasteiger charge is -2.27. The van der Waals surface area contributed by atoms with E-state index in [1.54, 1.807) is 6.20 Å². The first kappa shape index (κ1) is 23.1. The molecule has 2 saturated heterocycles. The maximum absolute atomic E-state index is 12.7. The van der Waals surface area contributed by atoms with Gasteiger partial charge in [-0.3, -0.25) is 0 Å². The Labute approximate surface area is 189 Å². The van der Waals surface area contributed by atoms with Crippen LogP contribution in [0.3, 0.4) is 0 Å². The van der Waals surface area contributed by atoms with Gasteiger partial charge in [0.25, 0.3) is 0 Å². The molecule has 2 aromatic rings. The number of piperidine rings is 1. The van der Waals surface area contributed by atoms with E-state index in [2.05, 4.69) is 14.6 Å². The van der Waals surface area contributed by atoms with Gasteiger partial charge in [0.05, 0.1) is 23.0 Å². The molecule has 2 aliphatic heterocycles. The number of nitrogens with zero attached hydrogens (tertiary/aromatic N) is 3. The molecule has 1 aromatic carbocycles. The van der Waals surface area contributed by atoms with Crippen LogP contribution in [-0.4, -0.2) is 65.5 Å². The zero-order chi connectivity index (χ0) is 22.6. The first-order chi connectivity index (χ1) is 15.4. The third-order valence-electron chi connectivity index (χ3n) is 5.70. The quantitative estimate of drug-likeness (QED) is 0.641. The van der Waals surface area contributed by atoms with E-state index in [1.165, 1.54) is 35.0 Å². The fraction of sp³-hybridized carbons (Fsp3) is 0.476. The smallest absolute Gasteiger partial charge is 0.243 e. The molecular formula is C21H28N4O5S2. The summed E-state index contributed by atoms with van der Waals surface area (Å²) in [6, 6.07) is 9.07. The fourth-order valence-electron chi connectivity index (χ4n) is 3.82. The SMILES string of the molecule is O=S(=O)(NCc1ccc(N2CCCCC2)nc1)c1ccc(S(=O)(=O)N2CCOCC2)cc1. The summed E-state index contributed by atoms with van der Waals surface area (Å²) in [6.07, 6.45) is 5.26. The molecule has 174 valence electrons. The number of aromatic nitrogens is 1. The average Bonchev–Trinajstić information content (AvgIpc) is 2.84. The van der Waals surface area contributed by atoms with E-state index in [0.717, 1.165) is 37.3 Å². The number of benzene rings is 1. The van der Waals surface area contributed by atoms with Crippen LogP contribution in [0.1, 0.15) is 24.8 Å². The van der Waals surface area contributed by atoms with Gasteiger partial charge in [0.15, 0.2) is 0 Å². The third kappa shape index (κ3) is 5.29. The van der Waals surface area contributed by atoms with E-state index in [1.807, 2.05) is 12.1 Å². The van der Waals surface area contributed by atoms with Gasteiger partial charge in [0.1, 0.15) is 5.82 Å². The maximum atomic E-state index is 12.7. The van der Waals surface area contributed by atoms with Crippen LogP contribution in [0.2, 0.25) is 0 Å². The predicted octanol–water partition coefficient (Wildman–Crippen LogP) is 1.57. The number of ether oxygens (including phenoxy) is 1. The summed E-state index contributed by atoms with van der Waals surface area (Å²) in [5.41, 5.74) is 0.751. The number of rotatable bonds is 7. The molecule has 0 amide bonds. The second-order valence-electron chi connectivity index (χ2n) is 7.88. The van der Waals surface area contributed by atoms with Gasteiger partial charge in [-0.05, 0) is 55.2 Å². The van der Waals surface area contributed by atoms with Crippen molar-refractivity contribution >= 4 is 25.9 Å². The van der Waals surface area contributed by atoms with Gasteiger partial charge in [0.2, 0.25) is 20.0 Å². The summed E-state index contributed by atoms with van der Waals surface area (Å²) in [6.45, 7) is 3.37. The van der Waals surface area contributed by atoms with E-state index in [4.69, 9.17) is 4.74 Å². The number of nitrogens with one attached hydrogen (secondary N) is 1. The van der Waals surface area contributed by atoms with Crippen molar-refractivity contribution in [3.8, 4) is 0 Å². The zero-order valence-corrected chi connectivity index (χ0v) is 19.4. The molecule has 32 heavy (non-hydrogen) atoms. The summed E-state index contributed by atoms with van der Waals surface area (Å²) < 4.78 is 59.8. The fourth-order valence-corrected chi connectivity index (χ4v) is 6.25. The summed E-state index contributed by atoms with van der Waals surface area (Å²) >= 11 is 0. The standard InChI is InChI=1S/C21H28N4O5S2/c26-31(27,23-17-18-4-9-21(22-16-18)24-10-2-1-3-11-24)19-5-7-20(8-6-19)32(28,29)25-12-14-30-15-13-25/h4-9,16,23H,1-3,10-15,17H2. The Bertz CT molecular complexity index is 1110. The van der Waals surface area contributed by atoms with Crippen LogP contribution in [-0.2, 0) is 31.3 Å². The molecule has 1 N–H and O–H groups in total. The van der Waals surface area contributed by atoms with E-state index >= 15 is 0 Å². The lowest BCUT2D eigenvalue weighted by Crippen LogP contribution is -2.40. The first-order valence-corrected chi connectivity index (χ1v) is 13.7. The highest BCUT2D eigenvalue weighted by atomic mass is 32.2. The van der Waals surface area contributed by atoms with Gasteiger partial charge in [0, 0.05) is 38.9 Å². The van der Waals surface area contributed by atoms with Gasteiger partial charge in [-0.1, -0.05) is 6.07 Å². The summed E-state index contributed by atoms with van der Waals surface area (Å²) in [7, 11) is -7.46. The van der Waals surface area contributed by atoms with E-state index in [-0.39, 0.29) is 29.4 Å². The highest BCUT2D eigenvalue weighted by molar-refractivity contribution is 7.89. The van der Waals surface area contributed by atoms with Crippen LogP contribution in [0.5, 0.6) is 0 Å². The van der Waals surface area contributed by atoms with Crippen molar-refractivity contribution in [2.75, 3.05) is 44.3 Å². The maximum Gasteiger partial charge on any atom is 0.243 e. The largest absolute Gasteiger partial charge is 0.379 e. The molecule has 0 bridgehead atoms. The highest BCUT2D eigenvalue weighted by Gasteiger charge is 2.26. The Morgan fingerprint density at radius 1 is 0.844 bits per heavy atom. The van der Waals surface area contributed by atoms with Gasteiger partial charge in [-0.15, -0.1) is 0 Å². The molecule has 0 aliphatic carbocycles. The molecule has 0 spiro atoms. The molecular weight excluding hydrogens is 452 g/mol. The molecule has 11 heteroatoms. The van der Waals surface area contributed by atoms with Crippen LogP contribution < -0.4 is 9.62 Å². The predicted molar refractivity (Wildman–Crippen MR) is 120 cm³/mol. The van der Waals surface area contributed by atoms with Gasteiger partial charge in [-0.25, -0.2) is 26.5 Å². The van der Waals surface area contributed by atoms with Crippen LogP contribution in [0, 0.1) is 0 Å². The van der Waals surface area contributed by atoms with Crippen molar-refractivity contribution in [1.82, 2.24) is 14.0 Å². The normalized spacial score (nSPS) is 18.6. The Morgan fingerprint density at radius 3 is 2.12 bits per heavy atom. The van der Waals surface area contributed by atoms with Crippen molar-refractivity contribution in [2.45, 2.75) is 35.6 Å². The van der Waals surface area contributed by atoms with Crippen LogP contribution in [0.25, 0.3) is 0 Å². The zero-order valence-electron chi connectivity index (χ0n) is 17.8. The van der Waals surface area contributed by atoms with Crippen molar-refractivity contribution < 1.29 is 21.6 Å². The summed E-state index contributed by atoms with van der Waals surface area (Å²) in [5, 5.41) is 0. The van der Waals surface area contributed by atoms with Crippen LogP contribution >= 0.6 is 0 Å². The molecule has 0 atom stereocenters. The Balaban J connectivity index is 1.39. The lowest BCUT2D eigenvalue weighted by atomic mass is 10.1. The summed E-state index contributed by atoms with van der Waals surface area (Å²) in [4.78, 5) is 6.79. The van der Waals surface area contributed by atoms with E-state index < -0.39 is 20.0 Å². The van der Waals surface area contributed by atoms with Gasteiger partial charge in [-0.2, -0.15) is 4.31 Å². The van der Waals surface area contributed by atoms with Gasteiger partial charge >= 0.3 is 0 Å². The summed E-state index contributed by atoms with van der Waals surface area (Å²) in [5.74, 6) is 0.911. The van der Waals surface area contributed by atoms with Crippen molar-refractivity contribution in [2.24, 2.45) is 0 Å². The Hall–Kier alpha value is -2.05. The number of anilines is 1. The minimum atomic E-state index is -3.79. The second kappa shape index (κ2) is 9.84. The van der Waals surface area contributed by atoms with Gasteiger partial charge < -0.3 is 9.64 Å². The second-order valence-corrected chi connectivity index (χ2v) is 11.6.